The molecule has 11 heavy (non-hydrogen) atoms. The lowest BCUT2D eigenvalue weighted by Crippen LogP contribution is -2.32. The molecule has 0 spiro atoms. The van der Waals surface area contributed by atoms with Gasteiger partial charge < -0.3 is 4.90 Å². The average molecular weight is 154 g/mol. The molecule has 3 nitrogen and oxygen atoms in total. The zero-order valence-electron chi connectivity index (χ0n) is 7.08. The number of carbonyl (C=O) groups excluding carboxylic acids is 1. The predicted octanol–water partition coefficient (Wildman–Crippen LogP) is 1.16. The van der Waals surface area contributed by atoms with E-state index in [0.717, 1.165) is 19.3 Å². The van der Waals surface area contributed by atoms with E-state index in [1.54, 1.807) is 0 Å². The molecule has 1 atom stereocenters. The highest BCUT2D eigenvalue weighted by molar-refractivity contribution is 5.48. The highest BCUT2D eigenvalue weighted by Gasteiger charge is 2.12. The largest absolute Gasteiger partial charge is 0.330 e. The molecular weight excluding hydrogens is 140 g/mol. The summed E-state index contributed by atoms with van der Waals surface area (Å²) >= 11 is 0. The van der Waals surface area contributed by atoms with Gasteiger partial charge in [-0.2, -0.15) is 5.26 Å². The number of amides is 1. The first kappa shape index (κ1) is 9.96. The third kappa shape index (κ3) is 3.03. The molecule has 0 aromatic carbocycles. The normalized spacial score (nSPS) is 11.7. The van der Waals surface area contributed by atoms with Crippen LogP contribution in [-0.2, 0) is 4.79 Å². The molecule has 0 radical (unpaired) electrons. The van der Waals surface area contributed by atoms with Crippen LogP contribution in [0.1, 0.15) is 26.7 Å². The molecule has 0 aromatic heterocycles. The molecule has 0 saturated heterocycles. The van der Waals surface area contributed by atoms with Crippen LogP contribution >= 0.6 is 0 Å². The Bertz CT molecular complexity index is 151. The molecule has 0 bridgehead atoms. The van der Waals surface area contributed by atoms with Gasteiger partial charge >= 0.3 is 0 Å². The van der Waals surface area contributed by atoms with Gasteiger partial charge in [-0.15, -0.1) is 0 Å². The van der Waals surface area contributed by atoms with Gasteiger partial charge in [-0.05, 0) is 13.3 Å². The average Bonchev–Trinajstić information content (AvgIpc) is 2.05. The highest BCUT2D eigenvalue weighted by atomic mass is 16.1. The van der Waals surface area contributed by atoms with Gasteiger partial charge in [0.2, 0.25) is 6.41 Å². The van der Waals surface area contributed by atoms with Gasteiger partial charge in [0.25, 0.3) is 0 Å². The van der Waals surface area contributed by atoms with Crippen LogP contribution in [0.4, 0.5) is 0 Å². The van der Waals surface area contributed by atoms with Crippen molar-refractivity contribution in [2.45, 2.75) is 32.7 Å². The van der Waals surface area contributed by atoms with E-state index in [2.05, 4.69) is 6.07 Å². The third-order valence-electron chi connectivity index (χ3n) is 1.61. The Labute approximate surface area is 67.6 Å². The number of hydrogen-bond acceptors (Lipinski definition) is 2. The van der Waals surface area contributed by atoms with Gasteiger partial charge in [-0.3, -0.25) is 4.79 Å². The Kier molecular flexibility index (Phi) is 5.18. The number of nitrogens with zero attached hydrogens (tertiary/aromatic N) is 2. The molecule has 0 saturated carbocycles. The SMILES string of the molecule is CCCC(C#N)N(C=O)CC. The molecule has 0 rings (SSSR count). The van der Waals surface area contributed by atoms with Gasteiger partial charge in [-0.25, -0.2) is 0 Å². The van der Waals surface area contributed by atoms with E-state index in [9.17, 15) is 4.79 Å². The summed E-state index contributed by atoms with van der Waals surface area (Å²) in [4.78, 5) is 11.9. The highest BCUT2D eigenvalue weighted by Crippen LogP contribution is 2.02. The summed E-state index contributed by atoms with van der Waals surface area (Å²) in [5.41, 5.74) is 0. The smallest absolute Gasteiger partial charge is 0.210 e. The first-order valence-electron chi connectivity index (χ1n) is 3.90. The summed E-state index contributed by atoms with van der Waals surface area (Å²) in [5, 5.41) is 8.64. The minimum Gasteiger partial charge on any atom is -0.330 e. The van der Waals surface area contributed by atoms with Crippen molar-refractivity contribution in [3.8, 4) is 6.07 Å². The summed E-state index contributed by atoms with van der Waals surface area (Å²) in [6, 6.07) is 1.87. The Morgan fingerprint density at radius 1 is 1.64 bits per heavy atom. The molecule has 0 heterocycles. The van der Waals surface area contributed by atoms with Crippen LogP contribution in [0.15, 0.2) is 0 Å². The third-order valence-corrected chi connectivity index (χ3v) is 1.61. The maximum absolute atomic E-state index is 10.4. The minimum atomic E-state index is -0.234. The van der Waals surface area contributed by atoms with Crippen LogP contribution in [0.5, 0.6) is 0 Å². The number of rotatable bonds is 5. The summed E-state index contributed by atoms with van der Waals surface area (Å²) in [6.45, 7) is 4.49. The van der Waals surface area contributed by atoms with Crippen molar-refractivity contribution in [1.82, 2.24) is 4.90 Å². The van der Waals surface area contributed by atoms with E-state index in [1.165, 1.54) is 4.90 Å². The van der Waals surface area contributed by atoms with E-state index >= 15 is 0 Å². The Balaban J connectivity index is 4.00. The first-order valence-corrected chi connectivity index (χ1v) is 3.90. The standard InChI is InChI=1S/C8H14N2O/c1-3-5-8(6-9)10(4-2)7-11/h7-8H,3-5H2,1-2H3. The quantitative estimate of drug-likeness (QED) is 0.558. The fraction of sp³-hybridized carbons (Fsp3) is 0.750. The Morgan fingerprint density at radius 3 is 2.55 bits per heavy atom. The lowest BCUT2D eigenvalue weighted by Gasteiger charge is -2.19. The number of nitriles is 1. The fourth-order valence-corrected chi connectivity index (χ4v) is 0.946. The van der Waals surface area contributed by atoms with Crippen molar-refractivity contribution >= 4 is 6.41 Å². The van der Waals surface area contributed by atoms with Crippen LogP contribution in [0.3, 0.4) is 0 Å². The van der Waals surface area contributed by atoms with Gasteiger partial charge in [0, 0.05) is 6.54 Å². The Morgan fingerprint density at radius 2 is 2.27 bits per heavy atom. The van der Waals surface area contributed by atoms with Crippen LogP contribution in [0.2, 0.25) is 0 Å². The van der Waals surface area contributed by atoms with Crippen molar-refractivity contribution in [1.29, 1.82) is 5.26 Å². The van der Waals surface area contributed by atoms with Crippen LogP contribution in [0.25, 0.3) is 0 Å². The maximum atomic E-state index is 10.4. The molecule has 0 fully saturated rings. The predicted molar refractivity (Wildman–Crippen MR) is 42.8 cm³/mol. The molecule has 62 valence electrons. The number of hydrogen-bond donors (Lipinski definition) is 0. The van der Waals surface area contributed by atoms with Crippen molar-refractivity contribution in [2.75, 3.05) is 6.54 Å². The topological polar surface area (TPSA) is 44.1 Å². The zero-order valence-corrected chi connectivity index (χ0v) is 7.08. The van der Waals surface area contributed by atoms with Crippen molar-refractivity contribution < 1.29 is 4.79 Å². The molecule has 1 amide bonds. The second-order valence-corrected chi connectivity index (χ2v) is 2.37. The van der Waals surface area contributed by atoms with Crippen molar-refractivity contribution in [3.63, 3.8) is 0 Å². The molecule has 1 unspecified atom stereocenters. The monoisotopic (exact) mass is 154 g/mol. The van der Waals surface area contributed by atoms with Crippen LogP contribution in [0, 0.1) is 11.3 Å². The Hall–Kier alpha value is -1.04. The summed E-state index contributed by atoms with van der Waals surface area (Å²) in [5.74, 6) is 0. The molecule has 0 aliphatic heterocycles. The molecule has 3 heteroatoms. The molecule has 0 aromatic rings. The zero-order chi connectivity index (χ0) is 8.69. The summed E-state index contributed by atoms with van der Waals surface area (Å²) in [7, 11) is 0. The van der Waals surface area contributed by atoms with E-state index in [4.69, 9.17) is 5.26 Å². The van der Waals surface area contributed by atoms with Gasteiger partial charge in [0.15, 0.2) is 0 Å². The van der Waals surface area contributed by atoms with Crippen LogP contribution in [-0.4, -0.2) is 23.9 Å². The summed E-state index contributed by atoms with van der Waals surface area (Å²) in [6.07, 6.45) is 2.44. The summed E-state index contributed by atoms with van der Waals surface area (Å²) < 4.78 is 0. The molecule has 0 aliphatic rings. The van der Waals surface area contributed by atoms with Gasteiger partial charge in [-0.1, -0.05) is 13.3 Å². The molecule has 0 N–H and O–H groups in total. The van der Waals surface area contributed by atoms with Crippen molar-refractivity contribution in [2.24, 2.45) is 0 Å². The van der Waals surface area contributed by atoms with Crippen LogP contribution < -0.4 is 0 Å². The van der Waals surface area contributed by atoms with Gasteiger partial charge in [0.1, 0.15) is 6.04 Å². The maximum Gasteiger partial charge on any atom is 0.210 e. The van der Waals surface area contributed by atoms with E-state index in [-0.39, 0.29) is 6.04 Å². The van der Waals surface area contributed by atoms with E-state index in [0.29, 0.717) is 6.54 Å². The molecule has 0 aliphatic carbocycles. The number of carbonyl (C=O) groups is 1. The minimum absolute atomic E-state index is 0.234. The van der Waals surface area contributed by atoms with Crippen molar-refractivity contribution in [3.05, 3.63) is 0 Å². The second-order valence-electron chi connectivity index (χ2n) is 2.37. The first-order chi connectivity index (χ1) is 5.29. The van der Waals surface area contributed by atoms with E-state index in [1.807, 2.05) is 13.8 Å². The van der Waals surface area contributed by atoms with E-state index < -0.39 is 0 Å². The lowest BCUT2D eigenvalue weighted by atomic mass is 10.2. The molecular formula is C8H14N2O. The fourth-order valence-electron chi connectivity index (χ4n) is 0.946. The second kappa shape index (κ2) is 5.72. The lowest BCUT2D eigenvalue weighted by molar-refractivity contribution is -0.119. The van der Waals surface area contributed by atoms with Gasteiger partial charge in [0.05, 0.1) is 6.07 Å².